The Hall–Kier alpha value is -1.55. The van der Waals surface area contributed by atoms with E-state index >= 15 is 0 Å². The minimum Gasteiger partial charge on any atom is -0.445 e. The molecular formula is C10H14N2O2. The van der Waals surface area contributed by atoms with Gasteiger partial charge in [0.05, 0.1) is 6.17 Å². The molecule has 0 heterocycles. The summed E-state index contributed by atoms with van der Waals surface area (Å²) in [7, 11) is 0. The molecule has 1 atom stereocenters. The van der Waals surface area contributed by atoms with Crippen molar-refractivity contribution in [1.82, 2.24) is 5.32 Å². The number of benzene rings is 1. The molecule has 1 unspecified atom stereocenters. The smallest absolute Gasteiger partial charge is 0.408 e. The third-order valence-corrected chi connectivity index (χ3v) is 1.56. The number of hydrogen-bond donors (Lipinski definition) is 2. The standard InChI is InChI=1S/C10H14N2O2/c1-8(11)12-10(13)14-7-9-5-3-2-4-6-9/h2-6,8H,7,11H2,1H3,(H,12,13). The van der Waals surface area contributed by atoms with Gasteiger partial charge in [-0.1, -0.05) is 30.3 Å². The number of ether oxygens (including phenoxy) is 1. The van der Waals surface area contributed by atoms with Gasteiger partial charge in [-0.3, -0.25) is 0 Å². The lowest BCUT2D eigenvalue weighted by atomic mass is 10.2. The van der Waals surface area contributed by atoms with E-state index in [2.05, 4.69) is 5.32 Å². The minimum atomic E-state index is -0.496. The molecule has 0 aliphatic rings. The molecule has 0 bridgehead atoms. The average molecular weight is 194 g/mol. The summed E-state index contributed by atoms with van der Waals surface area (Å²) in [5, 5.41) is 2.43. The molecule has 4 nitrogen and oxygen atoms in total. The molecule has 1 amide bonds. The fourth-order valence-corrected chi connectivity index (χ4v) is 0.951. The van der Waals surface area contributed by atoms with Gasteiger partial charge in [0.25, 0.3) is 0 Å². The Balaban J connectivity index is 2.31. The van der Waals surface area contributed by atoms with Crippen LogP contribution in [0.25, 0.3) is 0 Å². The highest BCUT2D eigenvalue weighted by atomic mass is 16.5. The number of amides is 1. The highest BCUT2D eigenvalue weighted by Gasteiger charge is 2.03. The van der Waals surface area contributed by atoms with Crippen molar-refractivity contribution in [3.05, 3.63) is 35.9 Å². The van der Waals surface area contributed by atoms with Crippen LogP contribution in [-0.4, -0.2) is 12.3 Å². The molecule has 0 saturated carbocycles. The zero-order valence-electron chi connectivity index (χ0n) is 8.07. The van der Waals surface area contributed by atoms with Crippen molar-refractivity contribution in [3.63, 3.8) is 0 Å². The van der Waals surface area contributed by atoms with Crippen LogP contribution >= 0.6 is 0 Å². The molecule has 76 valence electrons. The van der Waals surface area contributed by atoms with Crippen LogP contribution in [0.5, 0.6) is 0 Å². The maximum atomic E-state index is 11.0. The lowest BCUT2D eigenvalue weighted by Crippen LogP contribution is -2.39. The molecule has 0 spiro atoms. The highest BCUT2D eigenvalue weighted by molar-refractivity contribution is 5.67. The molecule has 14 heavy (non-hydrogen) atoms. The van der Waals surface area contributed by atoms with Gasteiger partial charge in [0.15, 0.2) is 0 Å². The number of alkyl carbamates (subject to hydrolysis) is 1. The summed E-state index contributed by atoms with van der Waals surface area (Å²) in [4.78, 5) is 11.0. The molecular weight excluding hydrogens is 180 g/mol. The van der Waals surface area contributed by atoms with Crippen molar-refractivity contribution in [2.75, 3.05) is 0 Å². The van der Waals surface area contributed by atoms with Crippen LogP contribution in [0.3, 0.4) is 0 Å². The van der Waals surface area contributed by atoms with Crippen LogP contribution in [0, 0.1) is 0 Å². The second kappa shape index (κ2) is 5.24. The molecule has 3 N–H and O–H groups in total. The van der Waals surface area contributed by atoms with E-state index in [1.54, 1.807) is 6.92 Å². The number of hydrogen-bond acceptors (Lipinski definition) is 3. The van der Waals surface area contributed by atoms with Gasteiger partial charge in [0.2, 0.25) is 0 Å². The minimum absolute atomic E-state index is 0.263. The number of rotatable bonds is 3. The predicted molar refractivity (Wildman–Crippen MR) is 53.4 cm³/mol. The molecule has 0 aliphatic carbocycles. The van der Waals surface area contributed by atoms with Crippen molar-refractivity contribution in [2.24, 2.45) is 5.73 Å². The Morgan fingerprint density at radius 2 is 2.14 bits per heavy atom. The van der Waals surface area contributed by atoms with Crippen molar-refractivity contribution in [3.8, 4) is 0 Å². The summed E-state index contributed by atoms with van der Waals surface area (Å²) in [6.07, 6.45) is -0.887. The van der Waals surface area contributed by atoms with Gasteiger partial charge in [-0.25, -0.2) is 4.79 Å². The second-order valence-electron chi connectivity index (χ2n) is 2.99. The van der Waals surface area contributed by atoms with Gasteiger partial charge in [0.1, 0.15) is 6.61 Å². The van der Waals surface area contributed by atoms with Crippen LogP contribution in [0.1, 0.15) is 12.5 Å². The Bertz CT molecular complexity index is 285. The van der Waals surface area contributed by atoms with E-state index < -0.39 is 12.3 Å². The Kier molecular flexibility index (Phi) is 3.94. The van der Waals surface area contributed by atoms with E-state index in [0.717, 1.165) is 5.56 Å². The monoisotopic (exact) mass is 194 g/mol. The number of nitrogens with two attached hydrogens (primary N) is 1. The third kappa shape index (κ3) is 3.91. The fraction of sp³-hybridized carbons (Fsp3) is 0.300. The molecule has 0 aliphatic heterocycles. The van der Waals surface area contributed by atoms with Gasteiger partial charge >= 0.3 is 6.09 Å². The van der Waals surface area contributed by atoms with E-state index in [-0.39, 0.29) is 6.61 Å². The first kappa shape index (κ1) is 10.5. The Morgan fingerprint density at radius 1 is 1.50 bits per heavy atom. The van der Waals surface area contributed by atoms with Crippen molar-refractivity contribution >= 4 is 6.09 Å². The topological polar surface area (TPSA) is 64.3 Å². The van der Waals surface area contributed by atoms with E-state index in [0.29, 0.717) is 0 Å². The van der Waals surface area contributed by atoms with Crippen LogP contribution in [0.15, 0.2) is 30.3 Å². The first-order valence-corrected chi connectivity index (χ1v) is 4.41. The quantitative estimate of drug-likeness (QED) is 0.711. The van der Waals surface area contributed by atoms with E-state index in [9.17, 15) is 4.79 Å². The van der Waals surface area contributed by atoms with E-state index in [1.165, 1.54) is 0 Å². The van der Waals surface area contributed by atoms with Crippen molar-refractivity contribution < 1.29 is 9.53 Å². The van der Waals surface area contributed by atoms with Crippen LogP contribution in [0.4, 0.5) is 4.79 Å². The molecule has 0 fully saturated rings. The SMILES string of the molecule is CC(N)NC(=O)OCc1ccccc1. The van der Waals surface area contributed by atoms with Crippen molar-refractivity contribution in [2.45, 2.75) is 19.7 Å². The predicted octanol–water partition coefficient (Wildman–Crippen LogP) is 1.22. The maximum Gasteiger partial charge on any atom is 0.408 e. The molecule has 1 rings (SSSR count). The van der Waals surface area contributed by atoms with Gasteiger partial charge in [-0.2, -0.15) is 0 Å². The first-order chi connectivity index (χ1) is 6.68. The zero-order valence-corrected chi connectivity index (χ0v) is 8.07. The van der Waals surface area contributed by atoms with E-state index in [1.807, 2.05) is 30.3 Å². The normalized spacial score (nSPS) is 11.9. The lowest BCUT2D eigenvalue weighted by Gasteiger charge is -2.08. The largest absolute Gasteiger partial charge is 0.445 e. The zero-order chi connectivity index (χ0) is 10.4. The lowest BCUT2D eigenvalue weighted by molar-refractivity contribution is 0.136. The first-order valence-electron chi connectivity index (χ1n) is 4.41. The van der Waals surface area contributed by atoms with Gasteiger partial charge < -0.3 is 15.8 Å². The molecule has 1 aromatic carbocycles. The summed E-state index contributed by atoms with van der Waals surface area (Å²) >= 11 is 0. The molecule has 0 radical (unpaired) electrons. The fourth-order valence-electron chi connectivity index (χ4n) is 0.951. The molecule has 4 heteroatoms. The summed E-state index contributed by atoms with van der Waals surface area (Å²) in [5.74, 6) is 0. The summed E-state index contributed by atoms with van der Waals surface area (Å²) < 4.78 is 4.91. The van der Waals surface area contributed by atoms with Gasteiger partial charge in [-0.05, 0) is 12.5 Å². The molecule has 1 aromatic rings. The average Bonchev–Trinajstić information content (AvgIpc) is 2.15. The summed E-state index contributed by atoms with van der Waals surface area (Å²) in [6, 6.07) is 9.47. The molecule has 0 aromatic heterocycles. The van der Waals surface area contributed by atoms with Crippen LogP contribution < -0.4 is 11.1 Å². The number of carbonyl (C=O) groups excluding carboxylic acids is 1. The van der Waals surface area contributed by atoms with Crippen LogP contribution in [-0.2, 0) is 11.3 Å². The Morgan fingerprint density at radius 3 is 2.71 bits per heavy atom. The maximum absolute atomic E-state index is 11.0. The molecule has 0 saturated heterocycles. The number of carbonyl (C=O) groups is 1. The van der Waals surface area contributed by atoms with Gasteiger partial charge in [-0.15, -0.1) is 0 Å². The third-order valence-electron chi connectivity index (χ3n) is 1.56. The van der Waals surface area contributed by atoms with E-state index in [4.69, 9.17) is 10.5 Å². The Labute approximate surface area is 83.1 Å². The highest BCUT2D eigenvalue weighted by Crippen LogP contribution is 2.00. The number of nitrogens with one attached hydrogen (secondary N) is 1. The van der Waals surface area contributed by atoms with Crippen LogP contribution in [0.2, 0.25) is 0 Å². The van der Waals surface area contributed by atoms with Gasteiger partial charge in [0, 0.05) is 0 Å². The van der Waals surface area contributed by atoms with Crippen molar-refractivity contribution in [1.29, 1.82) is 0 Å². The second-order valence-corrected chi connectivity index (χ2v) is 2.99. The summed E-state index contributed by atoms with van der Waals surface area (Å²) in [6.45, 7) is 1.93. The summed E-state index contributed by atoms with van der Waals surface area (Å²) in [5.41, 5.74) is 6.30.